The molecule has 17 heavy (non-hydrogen) atoms. The van der Waals surface area contributed by atoms with E-state index in [1.54, 1.807) is 6.26 Å². The van der Waals surface area contributed by atoms with Crippen molar-refractivity contribution in [2.24, 2.45) is 0 Å². The second-order valence-electron chi connectivity index (χ2n) is 3.85. The molecule has 2 rings (SSSR count). The molecule has 1 aromatic heterocycles. The summed E-state index contributed by atoms with van der Waals surface area (Å²) in [4.78, 5) is 1.32. The molecular formula is C14H17NOS. The summed E-state index contributed by atoms with van der Waals surface area (Å²) < 4.78 is 5.34. The van der Waals surface area contributed by atoms with Crippen molar-refractivity contribution in [3.63, 3.8) is 0 Å². The predicted octanol–water partition coefficient (Wildman–Crippen LogP) is 3.72. The van der Waals surface area contributed by atoms with E-state index in [4.69, 9.17) is 4.42 Å². The lowest BCUT2D eigenvalue weighted by Crippen LogP contribution is -2.20. The van der Waals surface area contributed by atoms with Crippen LogP contribution in [-0.4, -0.2) is 12.3 Å². The first-order valence-electron chi connectivity index (χ1n) is 5.81. The highest BCUT2D eigenvalue weighted by atomic mass is 32.2. The van der Waals surface area contributed by atoms with Crippen LogP contribution in [0.25, 0.3) is 0 Å². The zero-order valence-corrected chi connectivity index (χ0v) is 10.7. The maximum Gasteiger partial charge on any atom is 0.120 e. The fourth-order valence-corrected chi connectivity index (χ4v) is 2.40. The molecule has 0 aliphatic heterocycles. The molecule has 0 amide bonds. The first kappa shape index (κ1) is 12.3. The quantitative estimate of drug-likeness (QED) is 0.622. The Balaban J connectivity index is 1.67. The number of furan rings is 1. The maximum absolute atomic E-state index is 5.34. The molecule has 90 valence electrons. The molecule has 0 saturated heterocycles. The predicted molar refractivity (Wildman–Crippen MR) is 72.3 cm³/mol. The Morgan fingerprint density at radius 1 is 1.18 bits per heavy atom. The minimum Gasteiger partial charge on any atom is -0.468 e. The molecular weight excluding hydrogens is 230 g/mol. The Morgan fingerprint density at radius 3 is 2.71 bits per heavy atom. The van der Waals surface area contributed by atoms with Crippen LogP contribution in [0.4, 0.5) is 0 Å². The summed E-state index contributed by atoms with van der Waals surface area (Å²) in [5, 5.41) is 3.44. The molecule has 0 radical (unpaired) electrons. The van der Waals surface area contributed by atoms with Gasteiger partial charge < -0.3 is 9.73 Å². The number of rotatable bonds is 6. The largest absolute Gasteiger partial charge is 0.468 e. The minimum absolute atomic E-state index is 0.279. The highest BCUT2D eigenvalue weighted by Crippen LogP contribution is 2.17. The smallest absolute Gasteiger partial charge is 0.120 e. The third kappa shape index (κ3) is 3.95. The van der Waals surface area contributed by atoms with Gasteiger partial charge in [-0.05, 0) is 31.2 Å². The Labute approximate surface area is 106 Å². The van der Waals surface area contributed by atoms with E-state index in [1.165, 1.54) is 4.90 Å². The number of benzene rings is 1. The molecule has 2 aromatic rings. The van der Waals surface area contributed by atoms with Crippen LogP contribution < -0.4 is 5.32 Å². The van der Waals surface area contributed by atoms with Crippen molar-refractivity contribution in [1.29, 1.82) is 0 Å². The summed E-state index contributed by atoms with van der Waals surface area (Å²) in [6, 6.07) is 14.7. The number of hydrogen-bond donors (Lipinski definition) is 1. The second-order valence-corrected chi connectivity index (χ2v) is 5.02. The van der Waals surface area contributed by atoms with E-state index in [0.717, 1.165) is 18.1 Å². The van der Waals surface area contributed by atoms with E-state index in [2.05, 4.69) is 36.5 Å². The highest BCUT2D eigenvalue weighted by molar-refractivity contribution is 7.99. The average Bonchev–Trinajstić information content (AvgIpc) is 2.89. The monoisotopic (exact) mass is 247 g/mol. The van der Waals surface area contributed by atoms with Gasteiger partial charge in [-0.15, -0.1) is 11.8 Å². The van der Waals surface area contributed by atoms with Crippen molar-refractivity contribution in [3.05, 3.63) is 54.5 Å². The zero-order chi connectivity index (χ0) is 11.9. The van der Waals surface area contributed by atoms with E-state index in [0.29, 0.717) is 0 Å². The van der Waals surface area contributed by atoms with Gasteiger partial charge in [-0.2, -0.15) is 0 Å². The van der Waals surface area contributed by atoms with Gasteiger partial charge >= 0.3 is 0 Å². The normalized spacial score (nSPS) is 12.5. The summed E-state index contributed by atoms with van der Waals surface area (Å²) in [6.45, 7) is 3.09. The molecule has 1 N–H and O–H groups in total. The molecule has 1 atom stereocenters. The molecule has 0 aliphatic rings. The SMILES string of the molecule is C[C@H](NCCSc1ccccc1)c1ccco1. The summed E-state index contributed by atoms with van der Waals surface area (Å²) in [5.41, 5.74) is 0. The van der Waals surface area contributed by atoms with Crippen LogP contribution in [0.2, 0.25) is 0 Å². The molecule has 0 saturated carbocycles. The first-order chi connectivity index (χ1) is 8.36. The Hall–Kier alpha value is -1.19. The Kier molecular flexibility index (Phi) is 4.71. The van der Waals surface area contributed by atoms with Gasteiger partial charge in [0.1, 0.15) is 5.76 Å². The third-order valence-electron chi connectivity index (χ3n) is 2.53. The van der Waals surface area contributed by atoms with Crippen LogP contribution in [0.3, 0.4) is 0 Å². The Morgan fingerprint density at radius 2 is 2.00 bits per heavy atom. The molecule has 0 spiro atoms. The van der Waals surface area contributed by atoms with Gasteiger partial charge in [-0.25, -0.2) is 0 Å². The van der Waals surface area contributed by atoms with E-state index in [9.17, 15) is 0 Å². The van der Waals surface area contributed by atoms with Gasteiger partial charge in [0.25, 0.3) is 0 Å². The van der Waals surface area contributed by atoms with E-state index < -0.39 is 0 Å². The fourth-order valence-electron chi connectivity index (χ4n) is 1.60. The zero-order valence-electron chi connectivity index (χ0n) is 9.93. The van der Waals surface area contributed by atoms with Gasteiger partial charge in [-0.3, -0.25) is 0 Å². The molecule has 3 heteroatoms. The molecule has 2 nitrogen and oxygen atoms in total. The number of hydrogen-bond acceptors (Lipinski definition) is 3. The van der Waals surface area contributed by atoms with Gasteiger partial charge in [0.2, 0.25) is 0 Å². The lowest BCUT2D eigenvalue weighted by molar-refractivity contribution is 0.438. The van der Waals surface area contributed by atoms with Crippen LogP contribution >= 0.6 is 11.8 Å². The lowest BCUT2D eigenvalue weighted by atomic mass is 10.2. The molecule has 0 aliphatic carbocycles. The number of nitrogens with one attached hydrogen (secondary N) is 1. The summed E-state index contributed by atoms with van der Waals surface area (Å²) in [6.07, 6.45) is 1.71. The van der Waals surface area contributed by atoms with E-state index >= 15 is 0 Å². The standard InChI is InChI=1S/C14H17NOS/c1-12(14-8-5-10-16-14)15-9-11-17-13-6-3-2-4-7-13/h2-8,10,12,15H,9,11H2,1H3/t12-/m0/s1. The Bertz CT molecular complexity index is 413. The van der Waals surface area contributed by atoms with Crippen LogP contribution in [0.1, 0.15) is 18.7 Å². The van der Waals surface area contributed by atoms with Crippen molar-refractivity contribution in [3.8, 4) is 0 Å². The minimum atomic E-state index is 0.279. The van der Waals surface area contributed by atoms with Crippen molar-refractivity contribution in [2.75, 3.05) is 12.3 Å². The maximum atomic E-state index is 5.34. The van der Waals surface area contributed by atoms with Gasteiger partial charge in [0, 0.05) is 17.2 Å². The van der Waals surface area contributed by atoms with Gasteiger partial charge in [0.15, 0.2) is 0 Å². The highest BCUT2D eigenvalue weighted by Gasteiger charge is 2.06. The van der Waals surface area contributed by atoms with Crippen molar-refractivity contribution in [1.82, 2.24) is 5.32 Å². The third-order valence-corrected chi connectivity index (χ3v) is 3.55. The summed E-state index contributed by atoms with van der Waals surface area (Å²) in [5.74, 6) is 2.06. The van der Waals surface area contributed by atoms with Gasteiger partial charge in [-0.1, -0.05) is 18.2 Å². The molecule has 1 aromatic carbocycles. The molecule has 1 heterocycles. The summed E-state index contributed by atoms with van der Waals surface area (Å²) in [7, 11) is 0. The van der Waals surface area contributed by atoms with Crippen LogP contribution in [0.15, 0.2) is 58.0 Å². The lowest BCUT2D eigenvalue weighted by Gasteiger charge is -2.10. The van der Waals surface area contributed by atoms with Gasteiger partial charge in [0.05, 0.1) is 12.3 Å². The van der Waals surface area contributed by atoms with Crippen LogP contribution in [0.5, 0.6) is 0 Å². The van der Waals surface area contributed by atoms with Crippen molar-refractivity contribution >= 4 is 11.8 Å². The average molecular weight is 247 g/mol. The second kappa shape index (κ2) is 6.52. The fraction of sp³-hybridized carbons (Fsp3) is 0.286. The van der Waals surface area contributed by atoms with Crippen LogP contribution in [0, 0.1) is 0 Å². The molecule has 0 bridgehead atoms. The van der Waals surface area contributed by atoms with Crippen molar-refractivity contribution in [2.45, 2.75) is 17.9 Å². The molecule has 0 unspecified atom stereocenters. The summed E-state index contributed by atoms with van der Waals surface area (Å²) >= 11 is 1.87. The van der Waals surface area contributed by atoms with E-state index in [1.807, 2.05) is 30.0 Å². The number of thioether (sulfide) groups is 1. The van der Waals surface area contributed by atoms with Crippen LogP contribution in [-0.2, 0) is 0 Å². The molecule has 0 fully saturated rings. The topological polar surface area (TPSA) is 25.2 Å². The van der Waals surface area contributed by atoms with Crippen molar-refractivity contribution < 1.29 is 4.42 Å². The van der Waals surface area contributed by atoms with E-state index in [-0.39, 0.29) is 6.04 Å². The first-order valence-corrected chi connectivity index (χ1v) is 6.79.